The third-order valence-electron chi connectivity index (χ3n) is 3.82. The van der Waals surface area contributed by atoms with Crippen molar-refractivity contribution in [3.63, 3.8) is 0 Å². The number of fused-ring (bicyclic) bond motifs is 1. The van der Waals surface area contributed by atoms with Crippen LogP contribution >= 0.6 is 0 Å². The molecule has 0 spiro atoms. The van der Waals surface area contributed by atoms with Crippen molar-refractivity contribution in [2.75, 3.05) is 19.0 Å². The molecule has 1 aromatic heterocycles. The van der Waals surface area contributed by atoms with Gasteiger partial charge in [0.05, 0.1) is 41.2 Å². The first-order valence-corrected chi connectivity index (χ1v) is 8.40. The van der Waals surface area contributed by atoms with Gasteiger partial charge in [-0.25, -0.2) is 0 Å². The molecule has 1 aliphatic heterocycles. The summed E-state index contributed by atoms with van der Waals surface area (Å²) < 4.78 is 5.21. The summed E-state index contributed by atoms with van der Waals surface area (Å²) in [5.41, 5.74) is 1.85. The molecule has 2 heterocycles. The third-order valence-corrected chi connectivity index (χ3v) is 3.82. The number of methoxy groups -OCH3 is 1. The normalized spacial score (nSPS) is 13.9. The number of aromatic amines is 1. The van der Waals surface area contributed by atoms with Crippen molar-refractivity contribution in [3.8, 4) is 5.75 Å². The molecule has 142 valence electrons. The fourth-order valence-corrected chi connectivity index (χ4v) is 2.75. The van der Waals surface area contributed by atoms with Crippen molar-refractivity contribution < 1.29 is 19.6 Å². The van der Waals surface area contributed by atoms with Crippen LogP contribution in [0.1, 0.15) is 30.7 Å². The number of benzene rings is 1. The number of H-pyrrole nitrogens is 1. The monoisotopic (exact) mass is 371 g/mol. The number of anilines is 1. The summed E-state index contributed by atoms with van der Waals surface area (Å²) in [5.74, 6) is 0.178. The van der Waals surface area contributed by atoms with E-state index in [2.05, 4.69) is 10.3 Å². The molecule has 3 N–H and O–H groups in total. The molecular formula is C19H21N3O5. The van der Waals surface area contributed by atoms with Gasteiger partial charge in [-0.1, -0.05) is 19.9 Å². The van der Waals surface area contributed by atoms with Crippen LogP contribution in [0.15, 0.2) is 30.5 Å². The number of hydrogen-bond acceptors (Lipinski definition) is 5. The van der Waals surface area contributed by atoms with Crippen molar-refractivity contribution in [1.82, 2.24) is 4.98 Å². The number of aliphatic hydroxyl groups is 1. The number of aromatic nitrogens is 1. The second-order valence-corrected chi connectivity index (χ2v) is 5.23. The van der Waals surface area contributed by atoms with Gasteiger partial charge in [-0.05, 0) is 24.3 Å². The number of nitro groups is 1. The van der Waals surface area contributed by atoms with E-state index < -0.39 is 4.92 Å². The molecule has 0 saturated heterocycles. The van der Waals surface area contributed by atoms with Crippen LogP contribution in [-0.4, -0.2) is 34.6 Å². The Balaban J connectivity index is 0.00000126. The first-order valence-electron chi connectivity index (χ1n) is 8.40. The van der Waals surface area contributed by atoms with Gasteiger partial charge in [0.1, 0.15) is 5.75 Å². The molecule has 8 heteroatoms. The summed E-state index contributed by atoms with van der Waals surface area (Å²) in [6, 6.07) is 4.53. The number of amides is 1. The molecule has 0 aliphatic carbocycles. The number of ether oxygens (including phenoxy) is 1. The zero-order valence-corrected chi connectivity index (χ0v) is 15.3. The lowest BCUT2D eigenvalue weighted by molar-refractivity contribution is -0.385. The average molecular weight is 371 g/mol. The highest BCUT2D eigenvalue weighted by molar-refractivity contribution is 6.35. The maximum absolute atomic E-state index is 12.4. The Labute approximate surface area is 156 Å². The molecule has 0 saturated carbocycles. The molecule has 0 atom stereocenters. The van der Waals surface area contributed by atoms with Crippen LogP contribution in [0.25, 0.3) is 17.7 Å². The van der Waals surface area contributed by atoms with E-state index in [9.17, 15) is 14.9 Å². The zero-order valence-electron chi connectivity index (χ0n) is 15.3. The second kappa shape index (κ2) is 8.81. The van der Waals surface area contributed by atoms with Gasteiger partial charge in [0.25, 0.3) is 11.6 Å². The van der Waals surface area contributed by atoms with Crippen molar-refractivity contribution in [2.24, 2.45) is 0 Å². The number of nitrogens with zero attached hydrogens (tertiary/aromatic N) is 1. The van der Waals surface area contributed by atoms with Crippen LogP contribution in [-0.2, 0) is 4.79 Å². The van der Waals surface area contributed by atoms with E-state index in [-0.39, 0.29) is 29.3 Å². The lowest BCUT2D eigenvalue weighted by Crippen LogP contribution is -2.03. The Kier molecular flexibility index (Phi) is 6.51. The van der Waals surface area contributed by atoms with E-state index in [0.29, 0.717) is 22.7 Å². The minimum Gasteiger partial charge on any atom is -0.495 e. The van der Waals surface area contributed by atoms with Crippen LogP contribution in [0.2, 0.25) is 0 Å². The lowest BCUT2D eigenvalue weighted by atomic mass is 9.97. The summed E-state index contributed by atoms with van der Waals surface area (Å²) in [6.45, 7) is 3.73. The minimum atomic E-state index is -0.521. The Morgan fingerprint density at radius 1 is 1.30 bits per heavy atom. The van der Waals surface area contributed by atoms with Crippen molar-refractivity contribution >= 4 is 35.0 Å². The van der Waals surface area contributed by atoms with Gasteiger partial charge in [0, 0.05) is 17.8 Å². The number of nitro benzene ring substituents is 1. The number of carbonyl (C=O) groups excluding carboxylic acids is 1. The molecule has 0 unspecified atom stereocenters. The highest BCUT2D eigenvalue weighted by atomic mass is 16.6. The first kappa shape index (κ1) is 19.9. The Morgan fingerprint density at radius 3 is 2.67 bits per heavy atom. The Morgan fingerprint density at radius 2 is 2.04 bits per heavy atom. The highest BCUT2D eigenvalue weighted by Gasteiger charge is 2.31. The van der Waals surface area contributed by atoms with Crippen LogP contribution in [0.3, 0.4) is 0 Å². The van der Waals surface area contributed by atoms with E-state index in [1.165, 1.54) is 31.4 Å². The summed E-state index contributed by atoms with van der Waals surface area (Å²) in [4.78, 5) is 26.2. The third kappa shape index (κ3) is 3.90. The molecule has 3 rings (SSSR count). The van der Waals surface area contributed by atoms with Gasteiger partial charge in [0.15, 0.2) is 0 Å². The SMILES string of the molecule is CC.COc1cc[nH]c1/C=C1\C(=O)Nc2ccc([N+](=O)[O-])c(C=CCO)c21. The minimum absolute atomic E-state index is 0.149. The molecular weight excluding hydrogens is 350 g/mol. The number of hydrogen-bond donors (Lipinski definition) is 3. The Hall–Kier alpha value is -3.39. The number of nitrogens with one attached hydrogen (secondary N) is 2. The molecule has 2 aromatic rings. The van der Waals surface area contributed by atoms with E-state index in [1.54, 1.807) is 18.3 Å². The van der Waals surface area contributed by atoms with Gasteiger partial charge in [-0.2, -0.15) is 0 Å². The smallest absolute Gasteiger partial charge is 0.277 e. The zero-order chi connectivity index (χ0) is 20.0. The maximum atomic E-state index is 12.4. The summed E-state index contributed by atoms with van der Waals surface area (Å²) in [5, 5.41) is 23.1. The first-order chi connectivity index (χ1) is 13.1. The molecule has 1 aliphatic rings. The van der Waals surface area contributed by atoms with Crippen LogP contribution < -0.4 is 10.1 Å². The van der Waals surface area contributed by atoms with Crippen molar-refractivity contribution in [1.29, 1.82) is 0 Å². The lowest BCUT2D eigenvalue weighted by Gasteiger charge is -2.06. The molecule has 0 radical (unpaired) electrons. The Bertz CT molecular complexity index is 912. The van der Waals surface area contributed by atoms with Crippen LogP contribution in [0.4, 0.5) is 11.4 Å². The maximum Gasteiger partial charge on any atom is 0.277 e. The summed E-state index contributed by atoms with van der Waals surface area (Å²) in [7, 11) is 1.51. The highest BCUT2D eigenvalue weighted by Crippen LogP contribution is 2.41. The van der Waals surface area contributed by atoms with Gasteiger partial charge >= 0.3 is 0 Å². The number of aliphatic hydroxyl groups excluding tert-OH is 1. The van der Waals surface area contributed by atoms with E-state index in [4.69, 9.17) is 9.84 Å². The largest absolute Gasteiger partial charge is 0.495 e. The van der Waals surface area contributed by atoms with E-state index in [0.717, 1.165) is 0 Å². The second-order valence-electron chi connectivity index (χ2n) is 5.23. The van der Waals surface area contributed by atoms with Crippen molar-refractivity contribution in [3.05, 3.63) is 57.4 Å². The van der Waals surface area contributed by atoms with Gasteiger partial charge in [0.2, 0.25) is 0 Å². The number of rotatable bonds is 5. The standard InChI is InChI=1S/C17H15N3O5.C2H6/c1-25-15-6-7-18-13(15)9-11-16-10(3-2-8-21)14(20(23)24)5-4-12(16)19-17(11)22;1-2/h2-7,9,18,21H,8H2,1H3,(H,19,22);1-2H3/b3-2?,11-9-;. The molecule has 27 heavy (non-hydrogen) atoms. The van der Waals surface area contributed by atoms with Crippen LogP contribution in [0, 0.1) is 10.1 Å². The average Bonchev–Trinajstić information content (AvgIpc) is 3.25. The predicted molar refractivity (Wildman–Crippen MR) is 104 cm³/mol. The molecule has 0 bridgehead atoms. The predicted octanol–water partition coefficient (Wildman–Crippen LogP) is 3.46. The summed E-state index contributed by atoms with van der Waals surface area (Å²) >= 11 is 0. The quantitative estimate of drug-likeness (QED) is 0.423. The van der Waals surface area contributed by atoms with E-state index in [1.807, 2.05) is 13.8 Å². The molecule has 0 fully saturated rings. The van der Waals surface area contributed by atoms with Gasteiger partial charge in [-0.15, -0.1) is 0 Å². The number of carbonyl (C=O) groups is 1. The fourth-order valence-electron chi connectivity index (χ4n) is 2.75. The van der Waals surface area contributed by atoms with E-state index >= 15 is 0 Å². The van der Waals surface area contributed by atoms with Gasteiger partial charge in [-0.3, -0.25) is 14.9 Å². The molecule has 8 nitrogen and oxygen atoms in total. The van der Waals surface area contributed by atoms with Crippen molar-refractivity contribution in [2.45, 2.75) is 13.8 Å². The fraction of sp³-hybridized carbons (Fsp3) is 0.211. The molecule has 1 aromatic carbocycles. The summed E-state index contributed by atoms with van der Waals surface area (Å²) in [6.07, 6.45) is 6.08. The van der Waals surface area contributed by atoms with Crippen LogP contribution in [0.5, 0.6) is 5.75 Å². The van der Waals surface area contributed by atoms with Gasteiger partial charge < -0.3 is 20.1 Å². The topological polar surface area (TPSA) is 117 Å². The molecule has 1 amide bonds.